The van der Waals surface area contributed by atoms with E-state index in [1.165, 1.54) is 71.9 Å². The van der Waals surface area contributed by atoms with Crippen LogP contribution in [0, 0.1) is 25.7 Å². The van der Waals surface area contributed by atoms with E-state index >= 15 is 0 Å². The first-order chi connectivity index (χ1) is 61.3. The number of methoxy groups -OCH3 is 4. The van der Waals surface area contributed by atoms with E-state index in [2.05, 4.69) is 48.2 Å². The molecule has 3 amide bonds. The molecule has 36 heteroatoms. The number of ketones is 2. The zero-order chi connectivity index (χ0) is 93.5. The standard InChI is InChI=1S/C62H72ClN5O13S2.C31H36IN3O9S2/c1-39-65-49(38-82-39)53(66-81-62(5,6)60(73)80-61(2,3)4)50(69)32-48-57(71)67-54(59(72)79-36-42-18-24-46(76-9)25-19-42)43(37-83-58(48)67)33-68(29-12-10-11-13-30-68)31-28-64-56(70)47-26-27-51(77-34-40-14-20-44(74-7)21-15-40)55(52(47)63)78-35-41-16-22-45(75-8)23-17-41;1-17-33-22(15-45-17)24(34-44-31(5,6)29(39)43-30(2,3)4)23(36)12-21-26(37)35-25(19(13-32)16-46(40)27(21)35)28(38)42-14-18-8-10-20(41-7)11-9-18/h14-27,38,48,58H,10-13,28-37H2,1-9H3;8-11,15,21,27H,12-14,16H2,1-7H3/p+1/b66-53+;34-24+/t;21?,27?,46-/m.0/s1. The number of thiazole rings is 2. The van der Waals surface area contributed by atoms with Crippen molar-refractivity contribution in [1.29, 1.82) is 0 Å². The van der Waals surface area contributed by atoms with Crippen LogP contribution in [0.4, 0.5) is 0 Å². The van der Waals surface area contributed by atoms with Crippen molar-refractivity contribution in [3.63, 3.8) is 0 Å². The number of hydrogen-bond acceptors (Lipinski definition) is 29. The molecule has 3 fully saturated rings. The van der Waals surface area contributed by atoms with Gasteiger partial charge in [0.25, 0.3) is 5.91 Å². The average Bonchev–Trinajstić information content (AvgIpc) is 0.870. The van der Waals surface area contributed by atoms with Gasteiger partial charge in [0.05, 0.1) is 92.4 Å². The normalized spacial score (nSPS) is 18.1. The van der Waals surface area contributed by atoms with Crippen LogP contribution in [0.3, 0.4) is 0 Å². The van der Waals surface area contributed by atoms with Gasteiger partial charge >= 0.3 is 23.9 Å². The number of benzene rings is 5. The second-order valence-corrected chi connectivity index (χ2v) is 40.2. The molecule has 30 nitrogen and oxygen atoms in total. The molecule has 0 saturated carbocycles. The zero-order valence-corrected chi connectivity index (χ0v) is 81.3. The quantitative estimate of drug-likeness (QED) is 0.00552. The van der Waals surface area contributed by atoms with Crippen molar-refractivity contribution in [2.75, 3.05) is 77.1 Å². The topological polar surface area (TPSA) is 350 Å². The predicted molar refractivity (Wildman–Crippen MR) is 497 cm³/mol. The van der Waals surface area contributed by atoms with Crippen LogP contribution in [0.1, 0.15) is 162 Å². The van der Waals surface area contributed by atoms with Gasteiger partial charge in [0.1, 0.15) is 95.3 Å². The van der Waals surface area contributed by atoms with Crippen molar-refractivity contribution in [1.82, 2.24) is 25.1 Å². The molecule has 5 aromatic carbocycles. The fraction of sp³-hybridized carbons (Fsp3) is 0.452. The number of esters is 4. The number of halogens is 2. The van der Waals surface area contributed by atoms with Crippen LogP contribution < -0.4 is 33.7 Å². The molecule has 3 saturated heterocycles. The Morgan fingerprint density at radius 2 is 0.992 bits per heavy atom. The van der Waals surface area contributed by atoms with Crippen LogP contribution in [0.15, 0.2) is 153 Å². The van der Waals surface area contributed by atoms with E-state index in [1.54, 1.807) is 155 Å². The van der Waals surface area contributed by atoms with Gasteiger partial charge in [0.15, 0.2) is 34.5 Å². The first-order valence-electron chi connectivity index (χ1n) is 41.9. The van der Waals surface area contributed by atoms with E-state index in [0.717, 1.165) is 66.6 Å². The van der Waals surface area contributed by atoms with E-state index in [-0.39, 0.29) is 102 Å². The number of alkyl halides is 1. The number of thioether (sulfide) groups is 1. The number of rotatable bonds is 37. The monoisotopic (exact) mass is 1980 g/mol. The Hall–Kier alpha value is -10.3. The first kappa shape index (κ1) is 99.3. The number of β-lactam (4-membered cyclic amide) rings is 2. The Morgan fingerprint density at radius 1 is 0.566 bits per heavy atom. The molecule has 4 unspecified atom stereocenters. The Morgan fingerprint density at radius 3 is 1.42 bits per heavy atom. The number of quaternary nitrogens is 1. The highest BCUT2D eigenvalue weighted by Crippen LogP contribution is 2.48. The minimum Gasteiger partial charge on any atom is -0.497 e. The summed E-state index contributed by atoms with van der Waals surface area (Å²) in [6.07, 6.45) is 3.27. The number of nitrogens with zero attached hydrogens (tertiary/aromatic N) is 7. The third-order valence-electron chi connectivity index (χ3n) is 21.5. The van der Waals surface area contributed by atoms with Crippen LogP contribution in [0.2, 0.25) is 5.02 Å². The molecule has 5 aliphatic rings. The molecule has 0 bridgehead atoms. The van der Waals surface area contributed by atoms with Crippen LogP contribution in [-0.4, -0.2) is 203 Å². The van der Waals surface area contributed by atoms with Gasteiger partial charge in [0, 0.05) is 55.9 Å². The fourth-order valence-electron chi connectivity index (χ4n) is 14.6. The van der Waals surface area contributed by atoms with Crippen LogP contribution >= 0.6 is 68.6 Å². The second kappa shape index (κ2) is 43.6. The maximum atomic E-state index is 14.7. The number of fused-ring (bicyclic) bond motifs is 2. The Kier molecular flexibility index (Phi) is 33.6. The average molecular weight is 1980 g/mol. The molecule has 12 rings (SSSR count). The summed E-state index contributed by atoms with van der Waals surface area (Å²) in [5, 5.41) is 14.6. The highest BCUT2D eigenvalue weighted by molar-refractivity contribution is 14.1. The number of likely N-dealkylation sites (tertiary alicyclic amines) is 1. The number of amides is 3. The largest absolute Gasteiger partial charge is 0.497 e. The summed E-state index contributed by atoms with van der Waals surface area (Å²) in [6, 6.07) is 32.4. The number of ether oxygens (including phenoxy) is 10. The van der Waals surface area contributed by atoms with Gasteiger partial charge in [-0.25, -0.2) is 29.1 Å². The number of aromatic nitrogens is 2. The second-order valence-electron chi connectivity index (χ2n) is 34.3. The molecule has 0 radical (unpaired) electrons. The van der Waals surface area contributed by atoms with E-state index in [9.17, 15) is 47.4 Å². The number of oxime groups is 2. The number of carbonyl (C=O) groups is 9. The van der Waals surface area contributed by atoms with Gasteiger partial charge in [-0.2, -0.15) is 0 Å². The van der Waals surface area contributed by atoms with Crippen LogP contribution in [-0.2, 0) is 104 Å². The highest BCUT2D eigenvalue weighted by atomic mass is 127. The third-order valence-corrected chi connectivity index (χ3v) is 27.4. The molecule has 5 atom stereocenters. The molecule has 690 valence electrons. The smallest absolute Gasteiger partial charge is 0.355 e. The van der Waals surface area contributed by atoms with Gasteiger partial charge in [-0.05, 0) is 197 Å². The predicted octanol–water partition coefficient (Wildman–Crippen LogP) is 14.7. The summed E-state index contributed by atoms with van der Waals surface area (Å²) in [5.74, 6) is -3.23. The maximum Gasteiger partial charge on any atom is 0.355 e. The number of hydrogen-bond donors (Lipinski definition) is 1. The summed E-state index contributed by atoms with van der Waals surface area (Å²) >= 11 is 13.3. The lowest BCUT2D eigenvalue weighted by Gasteiger charge is -2.50. The van der Waals surface area contributed by atoms with E-state index in [0.29, 0.717) is 72.1 Å². The fourth-order valence-corrected chi connectivity index (χ4v) is 20.2. The summed E-state index contributed by atoms with van der Waals surface area (Å²) < 4.78 is 70.6. The molecule has 2 aromatic heterocycles. The molecule has 0 aliphatic carbocycles. The van der Waals surface area contributed by atoms with Crippen molar-refractivity contribution < 1.29 is 109 Å². The van der Waals surface area contributed by atoms with Gasteiger partial charge in [0.2, 0.25) is 23.0 Å². The molecule has 7 heterocycles. The van der Waals surface area contributed by atoms with Crippen molar-refractivity contribution in [3.8, 4) is 34.5 Å². The Labute approximate surface area is 784 Å². The molecule has 7 aromatic rings. The summed E-state index contributed by atoms with van der Waals surface area (Å²) in [7, 11) is 4.76. The lowest BCUT2D eigenvalue weighted by Crippen LogP contribution is -2.66. The SMILES string of the molecule is COc1ccc(COC(=O)C2=C(CI)C[S@](=O)C3C(CC(=O)/C(=N/OC(C)(C)C(=O)OC(C)(C)C)c4csc(C)n4)C(=O)N23)cc1.COc1ccc(COC(=O)C2=C(C[N+]3(CCNC(=O)c4ccc(OCc5ccc(OC)cc5)c(OCc5ccc(OC)cc5)c4Cl)CCCCCC3)CSC3C(CC(=O)/C(=N/OC(C)(C)C(=O)OC(C)(C)C)c4csc(C)n4)C(=O)N23)cc1. The van der Waals surface area contributed by atoms with Crippen molar-refractivity contribution in [2.45, 2.75) is 181 Å². The molecule has 1 N–H and O–H groups in total. The number of aryl methyl sites for hydroxylation is 2. The number of nitrogens with one attached hydrogen (secondary N) is 1. The van der Waals surface area contributed by atoms with Crippen LogP contribution in [0.5, 0.6) is 34.5 Å². The van der Waals surface area contributed by atoms with Gasteiger partial charge < -0.3 is 66.8 Å². The molecular weight excluding hydrogens is 1870 g/mol. The van der Waals surface area contributed by atoms with Crippen LogP contribution in [0.25, 0.3) is 0 Å². The summed E-state index contributed by atoms with van der Waals surface area (Å²) in [5.41, 5.74) is 0.341. The minimum atomic E-state index is -1.57. The van der Waals surface area contributed by atoms with Crippen molar-refractivity contribution in [2.24, 2.45) is 22.1 Å². The maximum absolute atomic E-state index is 14.7. The number of Topliss-reactive ketones (excluding diaryl/α,β-unsaturated/α-hetero) is 2. The molecular formula is C93H109ClIN8O22S4+. The van der Waals surface area contributed by atoms with E-state index in [4.69, 9.17) is 68.6 Å². The lowest BCUT2D eigenvalue weighted by atomic mass is 9.89. The zero-order valence-electron chi connectivity index (χ0n) is 75.1. The Balaban J connectivity index is 0.000000295. The third kappa shape index (κ3) is 25.5. The number of carbonyl (C=O) groups excluding carboxylic acids is 9. The van der Waals surface area contributed by atoms with E-state index < -0.39 is 109 Å². The van der Waals surface area contributed by atoms with Gasteiger partial charge in [-0.15, -0.1) is 34.4 Å². The van der Waals surface area contributed by atoms with Crippen molar-refractivity contribution in [3.05, 3.63) is 197 Å². The lowest BCUT2D eigenvalue weighted by molar-refractivity contribution is -0.922. The summed E-state index contributed by atoms with van der Waals surface area (Å²) in [4.78, 5) is 147. The minimum absolute atomic E-state index is 0.0366. The summed E-state index contributed by atoms with van der Waals surface area (Å²) in [6.45, 7) is 22.8. The first-order valence-corrected chi connectivity index (χ1v) is 48.0. The van der Waals surface area contributed by atoms with E-state index in [1.807, 2.05) is 48.5 Å². The molecule has 0 spiro atoms. The van der Waals surface area contributed by atoms with Gasteiger partial charge in [-0.1, -0.05) is 93.0 Å². The molecule has 5 aliphatic heterocycles. The Bertz CT molecular complexity index is 5420. The highest BCUT2D eigenvalue weighted by Gasteiger charge is 2.58. The molecule has 129 heavy (non-hydrogen) atoms. The van der Waals surface area contributed by atoms with Gasteiger partial charge in [-0.3, -0.25) is 38.0 Å². The van der Waals surface area contributed by atoms with Crippen molar-refractivity contribution >= 4 is 144 Å².